The summed E-state index contributed by atoms with van der Waals surface area (Å²) in [5.74, 6) is 0. The Morgan fingerprint density at radius 2 is 1.21 bits per heavy atom. The summed E-state index contributed by atoms with van der Waals surface area (Å²) in [6.07, 6.45) is -8.85. The van der Waals surface area contributed by atoms with Gasteiger partial charge < -0.3 is 5.11 Å². The Kier molecular flexibility index (Phi) is 5.44. The Hall–Kier alpha value is -3.73. The van der Waals surface area contributed by atoms with Gasteiger partial charge in [0.2, 0.25) is 0 Å². The van der Waals surface area contributed by atoms with Crippen LogP contribution in [0, 0.1) is 0 Å². The molecule has 0 saturated carbocycles. The van der Waals surface area contributed by atoms with E-state index in [0.29, 0.717) is 34.9 Å². The minimum absolute atomic E-state index is 0.160. The van der Waals surface area contributed by atoms with Gasteiger partial charge in [0.05, 0.1) is 22.8 Å². The Balaban J connectivity index is 1.83. The van der Waals surface area contributed by atoms with Gasteiger partial charge >= 0.3 is 12.4 Å². The molecule has 0 aliphatic carbocycles. The van der Waals surface area contributed by atoms with E-state index in [0.717, 1.165) is 12.1 Å². The molecule has 0 aliphatic rings. The molecule has 5 nitrogen and oxygen atoms in total. The van der Waals surface area contributed by atoms with Crippen LogP contribution in [0.1, 0.15) is 5.56 Å². The summed E-state index contributed by atoms with van der Waals surface area (Å²) in [6, 6.07) is 15.1. The Labute approximate surface area is 183 Å². The SMILES string of the molecule is OC(c1ccc(-n2nc(-c3ccccn3)cc2-c2ccccn2)cc1)(C(F)(F)F)C(F)(F)F. The highest BCUT2D eigenvalue weighted by Gasteiger charge is 2.71. The molecule has 0 saturated heterocycles. The van der Waals surface area contributed by atoms with E-state index in [1.54, 1.807) is 48.7 Å². The van der Waals surface area contributed by atoms with Crippen molar-refractivity contribution in [1.29, 1.82) is 0 Å². The molecular formula is C22H14F6N4O. The minimum Gasteiger partial charge on any atom is -0.369 e. The van der Waals surface area contributed by atoms with E-state index in [1.807, 2.05) is 0 Å². The zero-order chi connectivity index (χ0) is 23.9. The van der Waals surface area contributed by atoms with E-state index in [4.69, 9.17) is 0 Å². The summed E-state index contributed by atoms with van der Waals surface area (Å²) in [7, 11) is 0. The lowest BCUT2D eigenvalue weighted by Crippen LogP contribution is -2.53. The molecule has 1 aromatic carbocycles. The van der Waals surface area contributed by atoms with Crippen LogP contribution >= 0.6 is 0 Å². The molecule has 4 rings (SSSR count). The van der Waals surface area contributed by atoms with Crippen LogP contribution in [0.2, 0.25) is 0 Å². The molecule has 0 fully saturated rings. The first-order chi connectivity index (χ1) is 15.5. The zero-order valence-electron chi connectivity index (χ0n) is 16.5. The molecule has 1 N–H and O–H groups in total. The van der Waals surface area contributed by atoms with Crippen molar-refractivity contribution in [2.75, 3.05) is 0 Å². The van der Waals surface area contributed by atoms with Crippen LogP contribution in [-0.4, -0.2) is 37.2 Å². The van der Waals surface area contributed by atoms with Gasteiger partial charge in [0.15, 0.2) is 0 Å². The maximum Gasteiger partial charge on any atom is 0.430 e. The van der Waals surface area contributed by atoms with Gasteiger partial charge in [-0.15, -0.1) is 0 Å². The zero-order valence-corrected chi connectivity index (χ0v) is 16.5. The number of benzene rings is 1. The molecule has 0 amide bonds. The fourth-order valence-electron chi connectivity index (χ4n) is 3.25. The highest BCUT2D eigenvalue weighted by Crippen LogP contribution is 2.50. The van der Waals surface area contributed by atoms with Crippen LogP contribution in [0.15, 0.2) is 79.1 Å². The molecule has 0 bridgehead atoms. The van der Waals surface area contributed by atoms with Crippen LogP contribution < -0.4 is 0 Å². The molecule has 0 aliphatic heterocycles. The number of hydrogen-bond donors (Lipinski definition) is 1. The third-order valence-electron chi connectivity index (χ3n) is 4.91. The Morgan fingerprint density at radius 3 is 1.70 bits per heavy atom. The van der Waals surface area contributed by atoms with Gasteiger partial charge in [-0.3, -0.25) is 9.97 Å². The summed E-state index contributed by atoms with van der Waals surface area (Å²) in [5, 5.41) is 14.0. The highest BCUT2D eigenvalue weighted by molar-refractivity contribution is 5.66. The second-order valence-electron chi connectivity index (χ2n) is 7.01. The summed E-state index contributed by atoms with van der Waals surface area (Å²) in [5.41, 5.74) is -4.37. The average molecular weight is 464 g/mol. The van der Waals surface area contributed by atoms with Crippen molar-refractivity contribution in [1.82, 2.24) is 19.7 Å². The molecular weight excluding hydrogens is 450 g/mol. The van der Waals surface area contributed by atoms with Crippen molar-refractivity contribution in [2.24, 2.45) is 0 Å². The average Bonchev–Trinajstić information content (AvgIpc) is 3.24. The minimum atomic E-state index is -5.97. The number of aliphatic hydroxyl groups is 1. The molecule has 3 heterocycles. The quantitative estimate of drug-likeness (QED) is 0.416. The molecule has 0 unspecified atom stereocenters. The van der Waals surface area contributed by atoms with Gasteiger partial charge in [0.1, 0.15) is 5.69 Å². The van der Waals surface area contributed by atoms with Crippen LogP contribution in [0.5, 0.6) is 0 Å². The number of nitrogens with zero attached hydrogens (tertiary/aromatic N) is 4. The predicted octanol–water partition coefficient (Wildman–Crippen LogP) is 5.31. The second-order valence-corrected chi connectivity index (χ2v) is 7.01. The van der Waals surface area contributed by atoms with Crippen molar-refractivity contribution in [3.05, 3.63) is 84.7 Å². The van der Waals surface area contributed by atoms with E-state index in [-0.39, 0.29) is 5.69 Å². The fraction of sp³-hybridized carbons (Fsp3) is 0.136. The van der Waals surface area contributed by atoms with E-state index < -0.39 is 23.5 Å². The van der Waals surface area contributed by atoms with Crippen LogP contribution in [0.25, 0.3) is 28.5 Å². The number of alkyl halides is 6. The number of rotatable bonds is 4. The standard InChI is InChI=1S/C22H14F6N4O/c23-21(24,25)20(33,22(26,27)28)14-7-9-15(10-8-14)32-19(17-6-2-4-12-30-17)13-18(31-32)16-5-1-3-11-29-16/h1-13,33H. The van der Waals surface area contributed by atoms with Crippen molar-refractivity contribution < 1.29 is 31.4 Å². The second kappa shape index (κ2) is 8.00. The van der Waals surface area contributed by atoms with Gasteiger partial charge in [-0.2, -0.15) is 31.4 Å². The third kappa shape index (κ3) is 3.95. The van der Waals surface area contributed by atoms with Gasteiger partial charge in [0, 0.05) is 18.0 Å². The first-order valence-corrected chi connectivity index (χ1v) is 9.42. The Morgan fingerprint density at radius 1 is 0.667 bits per heavy atom. The maximum atomic E-state index is 13.2. The van der Waals surface area contributed by atoms with Gasteiger partial charge in [0.25, 0.3) is 5.60 Å². The van der Waals surface area contributed by atoms with Crippen LogP contribution in [0.3, 0.4) is 0 Å². The predicted molar refractivity (Wildman–Crippen MR) is 106 cm³/mol. The lowest BCUT2D eigenvalue weighted by molar-refractivity contribution is -0.376. The van der Waals surface area contributed by atoms with Gasteiger partial charge in [-0.1, -0.05) is 24.3 Å². The molecule has 0 atom stereocenters. The molecule has 0 spiro atoms. The van der Waals surface area contributed by atoms with E-state index >= 15 is 0 Å². The molecule has 11 heteroatoms. The molecule has 3 aromatic heterocycles. The third-order valence-corrected chi connectivity index (χ3v) is 4.91. The number of hydrogen-bond acceptors (Lipinski definition) is 4. The normalized spacial score (nSPS) is 12.7. The summed E-state index contributed by atoms with van der Waals surface area (Å²) in [4.78, 5) is 8.46. The molecule has 4 aromatic rings. The van der Waals surface area contributed by atoms with Crippen molar-refractivity contribution >= 4 is 0 Å². The fourth-order valence-corrected chi connectivity index (χ4v) is 3.25. The first-order valence-electron chi connectivity index (χ1n) is 9.42. The maximum absolute atomic E-state index is 13.2. The van der Waals surface area contributed by atoms with E-state index in [9.17, 15) is 31.4 Å². The van der Waals surface area contributed by atoms with Crippen LogP contribution in [-0.2, 0) is 5.60 Å². The number of aromatic nitrogens is 4. The van der Waals surface area contributed by atoms with Crippen LogP contribution in [0.4, 0.5) is 26.3 Å². The molecule has 170 valence electrons. The summed E-state index contributed by atoms with van der Waals surface area (Å²) < 4.78 is 80.4. The number of halogens is 6. The molecule has 33 heavy (non-hydrogen) atoms. The number of pyridine rings is 2. The highest BCUT2D eigenvalue weighted by atomic mass is 19.4. The summed E-state index contributed by atoms with van der Waals surface area (Å²) in [6.45, 7) is 0. The molecule has 0 radical (unpaired) electrons. The smallest absolute Gasteiger partial charge is 0.369 e. The largest absolute Gasteiger partial charge is 0.430 e. The topological polar surface area (TPSA) is 63.8 Å². The van der Waals surface area contributed by atoms with Gasteiger partial charge in [-0.25, -0.2) is 4.68 Å². The van der Waals surface area contributed by atoms with E-state index in [1.165, 1.54) is 10.9 Å². The van der Waals surface area contributed by atoms with Crippen molar-refractivity contribution in [3.8, 4) is 28.5 Å². The Bertz CT molecular complexity index is 1220. The lowest BCUT2D eigenvalue weighted by atomic mass is 9.92. The van der Waals surface area contributed by atoms with Crippen molar-refractivity contribution in [2.45, 2.75) is 18.0 Å². The monoisotopic (exact) mass is 464 g/mol. The lowest BCUT2D eigenvalue weighted by Gasteiger charge is -2.32. The van der Waals surface area contributed by atoms with Crippen molar-refractivity contribution in [3.63, 3.8) is 0 Å². The van der Waals surface area contributed by atoms with E-state index in [2.05, 4.69) is 15.1 Å². The summed E-state index contributed by atoms with van der Waals surface area (Å²) >= 11 is 0. The van der Waals surface area contributed by atoms with Gasteiger partial charge in [-0.05, 0) is 42.5 Å². The first kappa shape index (κ1) is 22.5.